The topological polar surface area (TPSA) is 12.0 Å². The lowest BCUT2D eigenvalue weighted by atomic mass is 10.0. The second-order valence-electron chi connectivity index (χ2n) is 4.22. The van der Waals surface area contributed by atoms with Crippen molar-refractivity contribution in [2.45, 2.75) is 39.0 Å². The van der Waals surface area contributed by atoms with Gasteiger partial charge in [-0.15, -0.1) is 0 Å². The van der Waals surface area contributed by atoms with E-state index >= 15 is 0 Å². The van der Waals surface area contributed by atoms with Crippen LogP contribution in [0, 0.1) is 0 Å². The van der Waals surface area contributed by atoms with Gasteiger partial charge >= 0.3 is 0 Å². The number of rotatable bonds is 7. The van der Waals surface area contributed by atoms with E-state index in [-0.39, 0.29) is 0 Å². The predicted molar refractivity (Wildman–Crippen MR) is 67.3 cm³/mol. The smallest absolute Gasteiger partial charge is 0.00174 e. The van der Waals surface area contributed by atoms with Crippen LogP contribution in [0.5, 0.6) is 0 Å². The van der Waals surface area contributed by atoms with E-state index in [9.17, 15) is 0 Å². The summed E-state index contributed by atoms with van der Waals surface area (Å²) in [6.45, 7) is 6.77. The van der Waals surface area contributed by atoms with Gasteiger partial charge in [-0.25, -0.2) is 0 Å². The Bertz CT molecular complexity index is 243. The van der Waals surface area contributed by atoms with Crippen molar-refractivity contribution in [2.75, 3.05) is 13.1 Å². The maximum atomic E-state index is 3.52. The van der Waals surface area contributed by atoms with E-state index in [4.69, 9.17) is 0 Å². The third-order valence-electron chi connectivity index (χ3n) is 2.78. The third kappa shape index (κ3) is 4.98. The highest BCUT2D eigenvalue weighted by Gasteiger charge is 2.02. The Hall–Kier alpha value is -0.820. The largest absolute Gasteiger partial charge is 0.316 e. The quantitative estimate of drug-likeness (QED) is 0.671. The zero-order valence-electron chi connectivity index (χ0n) is 10.00. The van der Waals surface area contributed by atoms with Crippen LogP contribution in [-0.4, -0.2) is 13.1 Å². The summed E-state index contributed by atoms with van der Waals surface area (Å²) < 4.78 is 0. The Labute approximate surface area is 93.9 Å². The number of hydrogen-bond acceptors (Lipinski definition) is 1. The summed E-state index contributed by atoms with van der Waals surface area (Å²) in [6, 6.07) is 10.7. The number of benzene rings is 1. The highest BCUT2D eigenvalue weighted by atomic mass is 14.8. The summed E-state index contributed by atoms with van der Waals surface area (Å²) in [7, 11) is 0. The Kier molecular flexibility index (Phi) is 6.10. The van der Waals surface area contributed by atoms with Crippen molar-refractivity contribution in [3.05, 3.63) is 35.9 Å². The minimum absolute atomic E-state index is 0.618. The summed E-state index contributed by atoms with van der Waals surface area (Å²) >= 11 is 0. The number of nitrogens with one attached hydrogen (secondary N) is 1. The lowest BCUT2D eigenvalue weighted by Gasteiger charge is -2.12. The normalized spacial score (nSPS) is 12.7. The fourth-order valence-corrected chi connectivity index (χ4v) is 1.72. The molecule has 1 aromatic rings. The summed E-state index contributed by atoms with van der Waals surface area (Å²) in [5, 5.41) is 3.52. The fourth-order valence-electron chi connectivity index (χ4n) is 1.72. The summed E-state index contributed by atoms with van der Waals surface area (Å²) in [6.07, 6.45) is 3.95. The molecular formula is C14H23N. The zero-order chi connectivity index (χ0) is 10.9. The van der Waals surface area contributed by atoms with Gasteiger partial charge in [-0.05, 0) is 24.4 Å². The molecule has 84 valence electrons. The Morgan fingerprint density at radius 3 is 2.53 bits per heavy atom. The maximum absolute atomic E-state index is 3.52. The van der Waals surface area contributed by atoms with E-state index in [1.54, 1.807) is 0 Å². The van der Waals surface area contributed by atoms with Gasteiger partial charge in [-0.3, -0.25) is 0 Å². The molecule has 0 fully saturated rings. The number of unbranched alkanes of at least 4 members (excludes halogenated alkanes) is 2. The van der Waals surface area contributed by atoms with Crippen molar-refractivity contribution in [3.63, 3.8) is 0 Å². The van der Waals surface area contributed by atoms with Crippen LogP contribution < -0.4 is 5.32 Å². The predicted octanol–water partition coefficient (Wildman–Crippen LogP) is 3.57. The molecule has 0 aliphatic carbocycles. The Morgan fingerprint density at radius 1 is 1.13 bits per heavy atom. The van der Waals surface area contributed by atoms with Crippen molar-refractivity contribution >= 4 is 0 Å². The van der Waals surface area contributed by atoms with Crippen LogP contribution in [0.2, 0.25) is 0 Å². The molecule has 0 aromatic heterocycles. The van der Waals surface area contributed by atoms with Gasteiger partial charge in [-0.1, -0.05) is 57.0 Å². The molecule has 0 saturated heterocycles. The molecule has 0 bridgehead atoms. The molecule has 1 N–H and O–H groups in total. The van der Waals surface area contributed by atoms with E-state index < -0.39 is 0 Å². The van der Waals surface area contributed by atoms with E-state index in [1.165, 1.54) is 24.8 Å². The molecule has 0 heterocycles. The van der Waals surface area contributed by atoms with Gasteiger partial charge in [0.2, 0.25) is 0 Å². The average molecular weight is 205 g/mol. The van der Waals surface area contributed by atoms with Crippen LogP contribution in [0.1, 0.15) is 44.6 Å². The molecule has 0 unspecified atom stereocenters. The van der Waals surface area contributed by atoms with Crippen LogP contribution in [-0.2, 0) is 0 Å². The molecule has 0 aliphatic rings. The van der Waals surface area contributed by atoms with Crippen LogP contribution >= 0.6 is 0 Å². The molecule has 0 saturated carbocycles. The standard InChI is InChI=1S/C14H23N/c1-3-4-8-11-15-12-13(2)14-9-6-5-7-10-14/h5-7,9-10,13,15H,3-4,8,11-12H2,1-2H3/t13-/m0/s1. The zero-order valence-corrected chi connectivity index (χ0v) is 10.00. The molecule has 0 spiro atoms. The summed E-state index contributed by atoms with van der Waals surface area (Å²) in [5.41, 5.74) is 1.43. The van der Waals surface area contributed by atoms with Crippen molar-refractivity contribution in [3.8, 4) is 0 Å². The molecule has 0 aliphatic heterocycles. The van der Waals surface area contributed by atoms with Gasteiger partial charge < -0.3 is 5.32 Å². The molecule has 1 heteroatoms. The Balaban J connectivity index is 2.16. The van der Waals surface area contributed by atoms with Gasteiger partial charge in [0.05, 0.1) is 0 Å². The first-order valence-corrected chi connectivity index (χ1v) is 6.10. The van der Waals surface area contributed by atoms with Crippen LogP contribution in [0.3, 0.4) is 0 Å². The van der Waals surface area contributed by atoms with E-state index in [0.717, 1.165) is 13.1 Å². The fraction of sp³-hybridized carbons (Fsp3) is 0.571. The lowest BCUT2D eigenvalue weighted by Crippen LogP contribution is -2.21. The summed E-state index contributed by atoms with van der Waals surface area (Å²) in [4.78, 5) is 0. The van der Waals surface area contributed by atoms with Gasteiger partial charge in [0.25, 0.3) is 0 Å². The Morgan fingerprint density at radius 2 is 1.87 bits per heavy atom. The molecule has 1 aromatic carbocycles. The van der Waals surface area contributed by atoms with Crippen molar-refractivity contribution in [1.29, 1.82) is 0 Å². The van der Waals surface area contributed by atoms with Crippen molar-refractivity contribution < 1.29 is 0 Å². The van der Waals surface area contributed by atoms with E-state index in [0.29, 0.717) is 5.92 Å². The SMILES string of the molecule is CCCCCNC[C@H](C)c1ccccc1. The highest BCUT2D eigenvalue weighted by molar-refractivity contribution is 5.18. The first kappa shape index (κ1) is 12.3. The lowest BCUT2D eigenvalue weighted by molar-refractivity contribution is 0.578. The van der Waals surface area contributed by atoms with E-state index in [2.05, 4.69) is 49.5 Å². The van der Waals surface area contributed by atoms with Gasteiger partial charge in [0, 0.05) is 6.54 Å². The monoisotopic (exact) mass is 205 g/mol. The second kappa shape index (κ2) is 7.47. The minimum Gasteiger partial charge on any atom is -0.316 e. The first-order chi connectivity index (χ1) is 7.34. The molecule has 15 heavy (non-hydrogen) atoms. The van der Waals surface area contributed by atoms with Crippen molar-refractivity contribution in [1.82, 2.24) is 5.32 Å². The van der Waals surface area contributed by atoms with Gasteiger partial charge in [-0.2, -0.15) is 0 Å². The van der Waals surface area contributed by atoms with Gasteiger partial charge in [0.1, 0.15) is 0 Å². The summed E-state index contributed by atoms with van der Waals surface area (Å²) in [5.74, 6) is 0.618. The van der Waals surface area contributed by atoms with Crippen molar-refractivity contribution in [2.24, 2.45) is 0 Å². The molecule has 1 atom stereocenters. The van der Waals surface area contributed by atoms with Crippen LogP contribution in [0.25, 0.3) is 0 Å². The van der Waals surface area contributed by atoms with Gasteiger partial charge in [0.15, 0.2) is 0 Å². The molecule has 1 nitrogen and oxygen atoms in total. The van der Waals surface area contributed by atoms with Crippen LogP contribution in [0.15, 0.2) is 30.3 Å². The van der Waals surface area contributed by atoms with Crippen LogP contribution in [0.4, 0.5) is 0 Å². The number of hydrogen-bond donors (Lipinski definition) is 1. The minimum atomic E-state index is 0.618. The molecule has 0 amide bonds. The molecular weight excluding hydrogens is 182 g/mol. The molecule has 1 rings (SSSR count). The highest BCUT2D eigenvalue weighted by Crippen LogP contribution is 2.12. The second-order valence-corrected chi connectivity index (χ2v) is 4.22. The third-order valence-corrected chi connectivity index (χ3v) is 2.78. The first-order valence-electron chi connectivity index (χ1n) is 6.10. The maximum Gasteiger partial charge on any atom is 0.00174 e. The average Bonchev–Trinajstić information content (AvgIpc) is 2.30. The molecule has 0 radical (unpaired) electrons. The van der Waals surface area contributed by atoms with E-state index in [1.807, 2.05) is 0 Å².